The van der Waals surface area contributed by atoms with Gasteiger partial charge in [-0.25, -0.2) is 9.97 Å². The Labute approximate surface area is 105 Å². The summed E-state index contributed by atoms with van der Waals surface area (Å²) in [6.07, 6.45) is 0.737. The van der Waals surface area contributed by atoms with Crippen molar-refractivity contribution in [3.63, 3.8) is 0 Å². The molecule has 2 heterocycles. The predicted octanol–water partition coefficient (Wildman–Crippen LogP) is 2.44. The van der Waals surface area contributed by atoms with Crippen molar-refractivity contribution < 1.29 is 0 Å². The lowest BCUT2D eigenvalue weighted by Crippen LogP contribution is -1.92. The van der Waals surface area contributed by atoms with Crippen molar-refractivity contribution in [2.45, 2.75) is 13.3 Å². The Balaban J connectivity index is 1.95. The number of nitrogens with two attached hydrogens (primary N) is 1. The second-order valence-corrected chi connectivity index (χ2v) is 4.43. The molecular formula is C14H14N4. The molecule has 0 aliphatic carbocycles. The lowest BCUT2D eigenvalue weighted by Gasteiger charge is -1.99. The zero-order valence-corrected chi connectivity index (χ0v) is 10.1. The summed E-state index contributed by atoms with van der Waals surface area (Å²) < 4.78 is 0. The van der Waals surface area contributed by atoms with Crippen LogP contribution < -0.4 is 5.73 Å². The molecule has 0 saturated heterocycles. The Morgan fingerprint density at radius 3 is 2.89 bits per heavy atom. The van der Waals surface area contributed by atoms with Crippen LogP contribution in [0, 0.1) is 6.92 Å². The number of hydrogen-bond acceptors (Lipinski definition) is 3. The quantitative estimate of drug-likeness (QED) is 0.674. The number of H-pyrrole nitrogens is 1. The molecule has 2 aromatic heterocycles. The first-order chi connectivity index (χ1) is 8.70. The van der Waals surface area contributed by atoms with Gasteiger partial charge in [0.1, 0.15) is 5.82 Å². The first-order valence-corrected chi connectivity index (χ1v) is 5.87. The highest BCUT2D eigenvalue weighted by molar-refractivity contribution is 5.70. The molecule has 0 spiro atoms. The van der Waals surface area contributed by atoms with Gasteiger partial charge in [0, 0.05) is 17.8 Å². The topological polar surface area (TPSA) is 67.6 Å². The summed E-state index contributed by atoms with van der Waals surface area (Å²) in [4.78, 5) is 12.2. The van der Waals surface area contributed by atoms with Gasteiger partial charge in [-0.3, -0.25) is 0 Å². The number of rotatable bonds is 2. The molecule has 90 valence electrons. The van der Waals surface area contributed by atoms with Crippen LogP contribution in [0.25, 0.3) is 11.2 Å². The highest BCUT2D eigenvalue weighted by Gasteiger charge is 2.05. The van der Waals surface area contributed by atoms with Gasteiger partial charge in [0.2, 0.25) is 0 Å². The van der Waals surface area contributed by atoms with Crippen LogP contribution in [0.1, 0.15) is 17.1 Å². The first kappa shape index (κ1) is 10.8. The number of nitrogen functional groups attached to an aromatic ring is 1. The first-order valence-electron chi connectivity index (χ1n) is 5.87. The molecule has 0 bridgehead atoms. The second kappa shape index (κ2) is 4.14. The van der Waals surface area contributed by atoms with Crippen LogP contribution >= 0.6 is 0 Å². The smallest absolute Gasteiger partial charge is 0.177 e. The third-order valence-corrected chi connectivity index (χ3v) is 2.86. The predicted molar refractivity (Wildman–Crippen MR) is 72.3 cm³/mol. The molecule has 0 unspecified atom stereocenters. The molecule has 3 aromatic rings. The zero-order valence-electron chi connectivity index (χ0n) is 10.1. The summed E-state index contributed by atoms with van der Waals surface area (Å²) in [5, 5.41) is 0. The van der Waals surface area contributed by atoms with E-state index in [-0.39, 0.29) is 0 Å². The van der Waals surface area contributed by atoms with Gasteiger partial charge in [-0.1, -0.05) is 12.1 Å². The summed E-state index contributed by atoms with van der Waals surface area (Å²) >= 11 is 0. The van der Waals surface area contributed by atoms with Gasteiger partial charge < -0.3 is 10.7 Å². The number of nitrogens with zero attached hydrogens (tertiary/aromatic N) is 2. The van der Waals surface area contributed by atoms with Gasteiger partial charge in [0.15, 0.2) is 5.65 Å². The molecule has 4 heteroatoms. The molecule has 3 rings (SSSR count). The minimum Gasteiger partial charge on any atom is -0.399 e. The van der Waals surface area contributed by atoms with Crippen molar-refractivity contribution in [2.75, 3.05) is 5.73 Å². The molecule has 0 saturated carbocycles. The molecule has 0 atom stereocenters. The standard InChI is InChI=1S/C14H14N4/c1-9-5-6-12-14(16-9)18-13(17-12)8-10-3-2-4-11(15)7-10/h2-7H,8,15H2,1H3,(H,16,17,18). The van der Waals surface area contributed by atoms with Crippen LogP contribution in [0.4, 0.5) is 5.69 Å². The maximum atomic E-state index is 5.76. The number of benzene rings is 1. The molecule has 1 aromatic carbocycles. The van der Waals surface area contributed by atoms with Crippen molar-refractivity contribution in [1.29, 1.82) is 0 Å². The molecule has 18 heavy (non-hydrogen) atoms. The molecule has 3 N–H and O–H groups in total. The van der Waals surface area contributed by atoms with Gasteiger partial charge in [0.25, 0.3) is 0 Å². The van der Waals surface area contributed by atoms with Crippen LogP contribution in [0.3, 0.4) is 0 Å². The van der Waals surface area contributed by atoms with Crippen LogP contribution in [0.5, 0.6) is 0 Å². The monoisotopic (exact) mass is 238 g/mol. The molecule has 0 radical (unpaired) electrons. The number of aromatic nitrogens is 3. The van der Waals surface area contributed by atoms with Crippen molar-refractivity contribution in [1.82, 2.24) is 15.0 Å². The fourth-order valence-electron chi connectivity index (χ4n) is 2.02. The largest absolute Gasteiger partial charge is 0.399 e. The molecular weight excluding hydrogens is 224 g/mol. The van der Waals surface area contributed by atoms with E-state index in [0.29, 0.717) is 0 Å². The van der Waals surface area contributed by atoms with E-state index >= 15 is 0 Å². The molecule has 0 aliphatic rings. The lowest BCUT2D eigenvalue weighted by atomic mass is 10.1. The number of pyridine rings is 1. The van der Waals surface area contributed by atoms with Gasteiger partial charge in [-0.05, 0) is 36.8 Å². The molecule has 0 amide bonds. The van der Waals surface area contributed by atoms with Crippen molar-refractivity contribution in [3.05, 3.63) is 53.5 Å². The minimum atomic E-state index is 0.737. The van der Waals surface area contributed by atoms with Gasteiger partial charge in [-0.15, -0.1) is 0 Å². The van der Waals surface area contributed by atoms with Crippen molar-refractivity contribution in [2.24, 2.45) is 0 Å². The van der Waals surface area contributed by atoms with Crippen LogP contribution in [0.15, 0.2) is 36.4 Å². The fourth-order valence-corrected chi connectivity index (χ4v) is 2.02. The Bertz CT molecular complexity index is 700. The summed E-state index contributed by atoms with van der Waals surface area (Å²) in [5.74, 6) is 0.911. The van der Waals surface area contributed by atoms with E-state index in [1.807, 2.05) is 43.3 Å². The normalized spacial score (nSPS) is 10.9. The highest BCUT2D eigenvalue weighted by atomic mass is 15.0. The average molecular weight is 238 g/mol. The van der Waals surface area contributed by atoms with Gasteiger partial charge in [-0.2, -0.15) is 0 Å². The number of anilines is 1. The van der Waals surface area contributed by atoms with E-state index in [1.54, 1.807) is 0 Å². The Kier molecular flexibility index (Phi) is 2.48. The number of nitrogens with one attached hydrogen (secondary N) is 1. The summed E-state index contributed by atoms with van der Waals surface area (Å²) in [6, 6.07) is 11.8. The van der Waals surface area contributed by atoms with E-state index < -0.39 is 0 Å². The number of aryl methyl sites for hydroxylation is 1. The van der Waals surface area contributed by atoms with E-state index in [9.17, 15) is 0 Å². The average Bonchev–Trinajstić information content (AvgIpc) is 2.70. The van der Waals surface area contributed by atoms with Gasteiger partial charge >= 0.3 is 0 Å². The van der Waals surface area contributed by atoms with Crippen LogP contribution in [0.2, 0.25) is 0 Å². The molecule has 0 aliphatic heterocycles. The summed E-state index contributed by atoms with van der Waals surface area (Å²) in [7, 11) is 0. The maximum absolute atomic E-state index is 5.76. The number of hydrogen-bond donors (Lipinski definition) is 2. The number of aromatic amines is 1. The lowest BCUT2D eigenvalue weighted by molar-refractivity contribution is 1.03. The van der Waals surface area contributed by atoms with E-state index in [2.05, 4.69) is 15.0 Å². The highest BCUT2D eigenvalue weighted by Crippen LogP contribution is 2.14. The van der Waals surface area contributed by atoms with Crippen LogP contribution in [-0.2, 0) is 6.42 Å². The van der Waals surface area contributed by atoms with Crippen molar-refractivity contribution in [3.8, 4) is 0 Å². The molecule has 4 nitrogen and oxygen atoms in total. The molecule has 0 fully saturated rings. The third kappa shape index (κ3) is 2.05. The maximum Gasteiger partial charge on any atom is 0.177 e. The Morgan fingerprint density at radius 2 is 2.06 bits per heavy atom. The van der Waals surface area contributed by atoms with Gasteiger partial charge in [0.05, 0.1) is 5.52 Å². The minimum absolute atomic E-state index is 0.737. The fraction of sp³-hybridized carbons (Fsp3) is 0.143. The van der Waals surface area contributed by atoms with E-state index in [0.717, 1.165) is 40.4 Å². The van der Waals surface area contributed by atoms with E-state index in [1.165, 1.54) is 0 Å². The Hall–Kier alpha value is -2.36. The number of imidazole rings is 1. The van der Waals surface area contributed by atoms with Crippen LogP contribution in [-0.4, -0.2) is 15.0 Å². The summed E-state index contributed by atoms with van der Waals surface area (Å²) in [6.45, 7) is 1.96. The Morgan fingerprint density at radius 1 is 1.17 bits per heavy atom. The third-order valence-electron chi connectivity index (χ3n) is 2.86. The van der Waals surface area contributed by atoms with E-state index in [4.69, 9.17) is 5.73 Å². The zero-order chi connectivity index (χ0) is 12.5. The second-order valence-electron chi connectivity index (χ2n) is 4.43. The van der Waals surface area contributed by atoms with Crippen molar-refractivity contribution >= 4 is 16.9 Å². The SMILES string of the molecule is Cc1ccc2[nH]c(Cc3cccc(N)c3)nc2n1. The number of fused-ring (bicyclic) bond motifs is 1. The summed E-state index contributed by atoms with van der Waals surface area (Å²) in [5.41, 5.74) is 10.4.